The highest BCUT2D eigenvalue weighted by Gasteiger charge is 2.08. The van der Waals surface area contributed by atoms with Crippen LogP contribution in [0.1, 0.15) is 25.3 Å². The van der Waals surface area contributed by atoms with Gasteiger partial charge in [0.15, 0.2) is 0 Å². The standard InChI is InChI=1S/C13H16N2OS2/c1-3-4-9-17-18-13-15-14-12(16-13)11-7-5-10(2)6-8-11/h5-8H,3-4,9H2,1-2H3. The first kappa shape index (κ1) is 13.5. The van der Waals surface area contributed by atoms with Gasteiger partial charge in [0.1, 0.15) is 0 Å². The highest BCUT2D eigenvalue weighted by Crippen LogP contribution is 2.32. The van der Waals surface area contributed by atoms with Crippen LogP contribution < -0.4 is 0 Å². The molecule has 2 rings (SSSR count). The van der Waals surface area contributed by atoms with Crippen molar-refractivity contribution in [1.82, 2.24) is 10.2 Å². The van der Waals surface area contributed by atoms with Crippen LogP contribution in [0.4, 0.5) is 0 Å². The Morgan fingerprint density at radius 1 is 1.17 bits per heavy atom. The predicted molar refractivity (Wildman–Crippen MR) is 77.7 cm³/mol. The van der Waals surface area contributed by atoms with Crippen LogP contribution in [0.3, 0.4) is 0 Å². The number of aryl methyl sites for hydroxylation is 1. The molecule has 2 aromatic rings. The summed E-state index contributed by atoms with van der Waals surface area (Å²) < 4.78 is 5.61. The molecule has 96 valence electrons. The molecule has 0 atom stereocenters. The Balaban J connectivity index is 1.95. The molecule has 0 unspecified atom stereocenters. The summed E-state index contributed by atoms with van der Waals surface area (Å²) in [4.78, 5) is 0. The summed E-state index contributed by atoms with van der Waals surface area (Å²) in [5.74, 6) is 1.71. The van der Waals surface area contributed by atoms with Crippen LogP contribution >= 0.6 is 21.6 Å². The van der Waals surface area contributed by atoms with E-state index in [-0.39, 0.29) is 0 Å². The van der Waals surface area contributed by atoms with Crippen LogP contribution in [0.2, 0.25) is 0 Å². The topological polar surface area (TPSA) is 38.9 Å². The molecule has 5 heteroatoms. The molecule has 0 aliphatic heterocycles. The van der Waals surface area contributed by atoms with E-state index in [4.69, 9.17) is 4.42 Å². The second kappa shape index (κ2) is 6.85. The molecule has 0 fully saturated rings. The molecular formula is C13H16N2OS2. The fraction of sp³-hybridized carbons (Fsp3) is 0.385. The molecule has 3 nitrogen and oxygen atoms in total. The highest BCUT2D eigenvalue weighted by molar-refractivity contribution is 8.76. The van der Waals surface area contributed by atoms with Crippen molar-refractivity contribution in [2.45, 2.75) is 31.9 Å². The van der Waals surface area contributed by atoms with Crippen molar-refractivity contribution in [2.24, 2.45) is 0 Å². The average Bonchev–Trinajstić information content (AvgIpc) is 2.84. The zero-order valence-electron chi connectivity index (χ0n) is 10.5. The number of nitrogens with zero attached hydrogens (tertiary/aromatic N) is 2. The molecule has 0 aliphatic rings. The van der Waals surface area contributed by atoms with Crippen molar-refractivity contribution < 1.29 is 4.42 Å². The molecule has 0 aliphatic carbocycles. The molecule has 0 amide bonds. The van der Waals surface area contributed by atoms with Gasteiger partial charge in [-0.2, -0.15) is 0 Å². The third-order valence-electron chi connectivity index (χ3n) is 2.42. The zero-order valence-corrected chi connectivity index (χ0v) is 12.2. The summed E-state index contributed by atoms with van der Waals surface area (Å²) in [6, 6.07) is 8.09. The maximum atomic E-state index is 5.61. The first-order valence-electron chi connectivity index (χ1n) is 5.99. The van der Waals surface area contributed by atoms with Crippen molar-refractivity contribution >= 4 is 21.6 Å². The van der Waals surface area contributed by atoms with E-state index >= 15 is 0 Å². The first-order valence-corrected chi connectivity index (χ1v) is 8.31. The summed E-state index contributed by atoms with van der Waals surface area (Å²) in [5.41, 5.74) is 2.20. The van der Waals surface area contributed by atoms with Crippen molar-refractivity contribution in [1.29, 1.82) is 0 Å². The van der Waals surface area contributed by atoms with Crippen molar-refractivity contribution in [3.05, 3.63) is 29.8 Å². The number of hydrogen-bond donors (Lipinski definition) is 0. The van der Waals surface area contributed by atoms with Crippen molar-refractivity contribution in [2.75, 3.05) is 5.75 Å². The summed E-state index contributed by atoms with van der Waals surface area (Å²) in [5, 5.41) is 8.73. The van der Waals surface area contributed by atoms with E-state index in [0.717, 1.165) is 11.3 Å². The molecule has 18 heavy (non-hydrogen) atoms. The lowest BCUT2D eigenvalue weighted by Crippen LogP contribution is -1.77. The SMILES string of the molecule is CCCCSSc1nnc(-c2ccc(C)cc2)o1. The largest absolute Gasteiger partial charge is 0.411 e. The third-order valence-corrected chi connectivity index (χ3v) is 4.58. The molecule has 0 bridgehead atoms. The zero-order chi connectivity index (χ0) is 12.8. The van der Waals surface area contributed by atoms with E-state index in [1.807, 2.05) is 24.3 Å². The van der Waals surface area contributed by atoms with Gasteiger partial charge in [-0.3, -0.25) is 0 Å². The van der Waals surface area contributed by atoms with Crippen LogP contribution in [-0.2, 0) is 0 Å². The fourth-order valence-corrected chi connectivity index (χ4v) is 3.24. The van der Waals surface area contributed by atoms with Gasteiger partial charge in [-0.05, 0) is 25.5 Å². The smallest absolute Gasteiger partial charge is 0.287 e. The fourth-order valence-electron chi connectivity index (χ4n) is 1.35. The molecule has 0 saturated carbocycles. The summed E-state index contributed by atoms with van der Waals surface area (Å²) in [6.07, 6.45) is 2.43. The van der Waals surface area contributed by atoms with Gasteiger partial charge in [0.2, 0.25) is 5.89 Å². The Morgan fingerprint density at radius 2 is 1.94 bits per heavy atom. The molecule has 0 spiro atoms. The number of rotatable bonds is 6. The van der Waals surface area contributed by atoms with E-state index in [2.05, 4.69) is 24.0 Å². The maximum absolute atomic E-state index is 5.61. The van der Waals surface area contributed by atoms with Gasteiger partial charge < -0.3 is 4.42 Å². The third kappa shape index (κ3) is 3.78. The van der Waals surface area contributed by atoms with Gasteiger partial charge in [0, 0.05) is 22.1 Å². The highest BCUT2D eigenvalue weighted by atomic mass is 33.1. The van der Waals surface area contributed by atoms with Gasteiger partial charge in [-0.1, -0.05) is 46.9 Å². The summed E-state index contributed by atoms with van der Waals surface area (Å²) in [6.45, 7) is 4.25. The number of aromatic nitrogens is 2. The minimum atomic E-state index is 0.591. The average molecular weight is 280 g/mol. The van der Waals surface area contributed by atoms with Crippen LogP contribution in [0.15, 0.2) is 33.9 Å². The molecule has 1 aromatic carbocycles. The quantitative estimate of drug-likeness (QED) is 0.572. The van der Waals surface area contributed by atoms with Gasteiger partial charge >= 0.3 is 0 Å². The lowest BCUT2D eigenvalue weighted by Gasteiger charge is -1.95. The number of unbranched alkanes of at least 4 members (excludes halogenated alkanes) is 1. The number of hydrogen-bond acceptors (Lipinski definition) is 5. The maximum Gasteiger partial charge on any atom is 0.287 e. The molecular weight excluding hydrogens is 264 g/mol. The Kier molecular flexibility index (Phi) is 5.13. The Labute approximate surface area is 115 Å². The minimum Gasteiger partial charge on any atom is -0.411 e. The van der Waals surface area contributed by atoms with Gasteiger partial charge in [-0.25, -0.2) is 0 Å². The molecule has 0 saturated heterocycles. The van der Waals surface area contributed by atoms with Gasteiger partial charge in [0.05, 0.1) is 0 Å². The van der Waals surface area contributed by atoms with Crippen LogP contribution in [-0.4, -0.2) is 16.0 Å². The normalized spacial score (nSPS) is 10.8. The van der Waals surface area contributed by atoms with Crippen molar-refractivity contribution in [3.63, 3.8) is 0 Å². The van der Waals surface area contributed by atoms with Crippen LogP contribution in [0, 0.1) is 6.92 Å². The van der Waals surface area contributed by atoms with E-state index in [0.29, 0.717) is 11.1 Å². The number of benzene rings is 1. The second-order valence-corrected chi connectivity index (χ2v) is 6.36. The Hall–Kier alpha value is -0.940. The molecule has 1 heterocycles. The first-order chi connectivity index (χ1) is 8.79. The Bertz CT molecular complexity index is 482. The lowest BCUT2D eigenvalue weighted by molar-refractivity contribution is 0.467. The van der Waals surface area contributed by atoms with E-state index in [1.54, 1.807) is 21.6 Å². The lowest BCUT2D eigenvalue weighted by atomic mass is 10.1. The van der Waals surface area contributed by atoms with E-state index < -0.39 is 0 Å². The monoisotopic (exact) mass is 280 g/mol. The minimum absolute atomic E-state index is 0.591. The molecule has 0 N–H and O–H groups in total. The molecule has 0 radical (unpaired) electrons. The summed E-state index contributed by atoms with van der Waals surface area (Å²) >= 11 is 0. The van der Waals surface area contributed by atoms with Crippen molar-refractivity contribution in [3.8, 4) is 11.5 Å². The van der Waals surface area contributed by atoms with Gasteiger partial charge in [-0.15, -0.1) is 5.10 Å². The predicted octanol–water partition coefficient (Wildman–Crippen LogP) is 4.59. The molecule has 1 aromatic heterocycles. The van der Waals surface area contributed by atoms with Crippen LogP contribution in [0.5, 0.6) is 0 Å². The van der Waals surface area contributed by atoms with Crippen LogP contribution in [0.25, 0.3) is 11.5 Å². The van der Waals surface area contributed by atoms with E-state index in [9.17, 15) is 0 Å². The second-order valence-electron chi connectivity index (χ2n) is 4.00. The summed E-state index contributed by atoms with van der Waals surface area (Å²) in [7, 11) is 3.32. The van der Waals surface area contributed by atoms with Gasteiger partial charge in [0.25, 0.3) is 5.22 Å². The Morgan fingerprint density at radius 3 is 2.67 bits per heavy atom. The van der Waals surface area contributed by atoms with E-state index in [1.165, 1.54) is 18.4 Å².